The molecular formula is C28H31N5O4. The molecule has 5 rings (SSSR count). The van der Waals surface area contributed by atoms with Crippen LogP contribution in [0.3, 0.4) is 0 Å². The molecule has 0 radical (unpaired) electrons. The number of carbonyl (C=O) groups is 2. The number of hydrogen-bond donors (Lipinski definition) is 0. The molecule has 2 heterocycles. The zero-order valence-corrected chi connectivity index (χ0v) is 21.2. The first-order chi connectivity index (χ1) is 18.1. The normalized spacial score (nSPS) is 15.3. The fraction of sp³-hybridized carbons (Fsp3) is 0.357. The van der Waals surface area contributed by atoms with E-state index in [0.29, 0.717) is 37.5 Å². The summed E-state index contributed by atoms with van der Waals surface area (Å²) in [6, 6.07) is 18.9. The van der Waals surface area contributed by atoms with Crippen LogP contribution >= 0.6 is 0 Å². The molecule has 2 aliphatic rings. The van der Waals surface area contributed by atoms with E-state index < -0.39 is 0 Å². The lowest BCUT2D eigenvalue weighted by atomic mass is 10.1. The number of carbonyl (C=O) groups excluding carboxylic acids is 2. The van der Waals surface area contributed by atoms with Crippen molar-refractivity contribution in [1.29, 1.82) is 0 Å². The minimum atomic E-state index is -0.124. The van der Waals surface area contributed by atoms with Crippen LogP contribution in [0.2, 0.25) is 0 Å². The summed E-state index contributed by atoms with van der Waals surface area (Å²) in [5, 5.41) is 8.81. The number of hydrogen-bond acceptors (Lipinski definition) is 7. The molecule has 3 aromatic rings. The number of piperazine rings is 1. The van der Waals surface area contributed by atoms with Gasteiger partial charge in [0.25, 0.3) is 5.91 Å². The molecular weight excluding hydrogens is 470 g/mol. The largest absolute Gasteiger partial charge is 0.497 e. The number of benzene rings is 2. The maximum absolute atomic E-state index is 13.2. The van der Waals surface area contributed by atoms with Crippen LogP contribution in [0, 0.1) is 0 Å². The van der Waals surface area contributed by atoms with E-state index in [1.165, 1.54) is 0 Å². The van der Waals surface area contributed by atoms with Crippen molar-refractivity contribution in [2.75, 3.05) is 51.8 Å². The first-order valence-corrected chi connectivity index (χ1v) is 12.5. The first-order valence-electron chi connectivity index (χ1n) is 12.5. The van der Waals surface area contributed by atoms with Crippen LogP contribution in [0.25, 0.3) is 11.3 Å². The SMILES string of the molecule is COc1ccc(-c2ccc(N3CCN(C(=O)CN(C(=O)c4cccc(OC)c4)C4CC4)CC3)nn2)cc1. The van der Waals surface area contributed by atoms with Crippen molar-refractivity contribution in [2.24, 2.45) is 0 Å². The Morgan fingerprint density at radius 1 is 0.892 bits per heavy atom. The van der Waals surface area contributed by atoms with Crippen LogP contribution in [0.1, 0.15) is 23.2 Å². The van der Waals surface area contributed by atoms with E-state index in [1.54, 1.807) is 43.4 Å². The monoisotopic (exact) mass is 501 g/mol. The molecule has 2 fully saturated rings. The predicted molar refractivity (Wildman–Crippen MR) is 140 cm³/mol. The van der Waals surface area contributed by atoms with Gasteiger partial charge in [0.05, 0.1) is 19.9 Å². The molecule has 1 saturated heterocycles. The summed E-state index contributed by atoms with van der Waals surface area (Å²) in [6.45, 7) is 2.57. The molecule has 192 valence electrons. The van der Waals surface area contributed by atoms with Crippen LogP contribution in [-0.4, -0.2) is 84.8 Å². The minimum Gasteiger partial charge on any atom is -0.497 e. The van der Waals surface area contributed by atoms with Crippen molar-refractivity contribution in [1.82, 2.24) is 20.0 Å². The van der Waals surface area contributed by atoms with Gasteiger partial charge >= 0.3 is 0 Å². The van der Waals surface area contributed by atoms with Crippen molar-refractivity contribution < 1.29 is 19.1 Å². The third-order valence-electron chi connectivity index (χ3n) is 6.86. The molecule has 0 spiro atoms. The van der Waals surface area contributed by atoms with Gasteiger partial charge in [-0.1, -0.05) is 6.07 Å². The molecule has 1 aliphatic carbocycles. The Morgan fingerprint density at radius 2 is 1.62 bits per heavy atom. The second-order valence-electron chi connectivity index (χ2n) is 9.27. The van der Waals surface area contributed by atoms with Crippen molar-refractivity contribution in [2.45, 2.75) is 18.9 Å². The lowest BCUT2D eigenvalue weighted by molar-refractivity contribution is -0.132. The smallest absolute Gasteiger partial charge is 0.254 e. The third-order valence-corrected chi connectivity index (χ3v) is 6.86. The van der Waals surface area contributed by atoms with Gasteiger partial charge in [-0.2, -0.15) is 0 Å². The van der Waals surface area contributed by atoms with Crippen LogP contribution in [-0.2, 0) is 4.79 Å². The Kier molecular flexibility index (Phi) is 7.20. The van der Waals surface area contributed by atoms with Crippen LogP contribution in [0.5, 0.6) is 11.5 Å². The summed E-state index contributed by atoms with van der Waals surface area (Å²) in [5.41, 5.74) is 2.31. The fourth-order valence-corrected chi connectivity index (χ4v) is 4.52. The van der Waals surface area contributed by atoms with E-state index in [4.69, 9.17) is 9.47 Å². The van der Waals surface area contributed by atoms with Gasteiger partial charge in [-0.05, 0) is 67.4 Å². The van der Waals surface area contributed by atoms with Crippen molar-refractivity contribution in [3.8, 4) is 22.8 Å². The number of nitrogens with zero attached hydrogens (tertiary/aromatic N) is 5. The average Bonchev–Trinajstić information content (AvgIpc) is 3.81. The second-order valence-corrected chi connectivity index (χ2v) is 9.27. The maximum atomic E-state index is 13.2. The highest BCUT2D eigenvalue weighted by atomic mass is 16.5. The third kappa shape index (κ3) is 5.66. The molecule has 1 saturated carbocycles. The van der Waals surface area contributed by atoms with Crippen molar-refractivity contribution in [3.05, 3.63) is 66.2 Å². The zero-order valence-electron chi connectivity index (χ0n) is 21.2. The maximum Gasteiger partial charge on any atom is 0.254 e. The van der Waals surface area contributed by atoms with Gasteiger partial charge in [0, 0.05) is 43.3 Å². The van der Waals surface area contributed by atoms with Crippen LogP contribution < -0.4 is 14.4 Å². The summed E-state index contributed by atoms with van der Waals surface area (Å²) in [4.78, 5) is 32.0. The highest BCUT2D eigenvalue weighted by Crippen LogP contribution is 2.29. The fourth-order valence-electron chi connectivity index (χ4n) is 4.52. The molecule has 0 N–H and O–H groups in total. The summed E-state index contributed by atoms with van der Waals surface area (Å²) in [6.07, 6.45) is 1.86. The van der Waals surface area contributed by atoms with E-state index in [0.717, 1.165) is 35.7 Å². The minimum absolute atomic E-state index is 0.0243. The van der Waals surface area contributed by atoms with Gasteiger partial charge in [-0.15, -0.1) is 10.2 Å². The Hall–Kier alpha value is -4.14. The molecule has 37 heavy (non-hydrogen) atoms. The predicted octanol–water partition coefficient (Wildman–Crippen LogP) is 3.11. The quantitative estimate of drug-likeness (QED) is 0.469. The summed E-state index contributed by atoms with van der Waals surface area (Å²) < 4.78 is 10.5. The van der Waals surface area contributed by atoms with Crippen molar-refractivity contribution in [3.63, 3.8) is 0 Å². The van der Waals surface area contributed by atoms with Gasteiger partial charge in [0.1, 0.15) is 18.0 Å². The molecule has 0 atom stereocenters. The number of aromatic nitrogens is 2. The Labute approximate surface area is 216 Å². The van der Waals surface area contributed by atoms with Crippen LogP contribution in [0.15, 0.2) is 60.7 Å². The molecule has 2 aromatic carbocycles. The number of rotatable bonds is 8. The molecule has 0 bridgehead atoms. The Bertz CT molecular complexity index is 1240. The lowest BCUT2D eigenvalue weighted by Crippen LogP contribution is -2.52. The zero-order chi connectivity index (χ0) is 25.8. The summed E-state index contributed by atoms with van der Waals surface area (Å²) >= 11 is 0. The van der Waals surface area contributed by atoms with Gasteiger partial charge in [-0.25, -0.2) is 0 Å². The van der Waals surface area contributed by atoms with Gasteiger partial charge < -0.3 is 24.2 Å². The Morgan fingerprint density at radius 3 is 2.24 bits per heavy atom. The lowest BCUT2D eigenvalue weighted by Gasteiger charge is -2.36. The molecule has 9 nitrogen and oxygen atoms in total. The number of ether oxygens (including phenoxy) is 2. The van der Waals surface area contributed by atoms with E-state index in [1.807, 2.05) is 41.3 Å². The summed E-state index contributed by atoms with van der Waals surface area (Å²) in [5.74, 6) is 2.07. The van der Waals surface area contributed by atoms with Gasteiger partial charge in [-0.3, -0.25) is 9.59 Å². The van der Waals surface area contributed by atoms with Crippen molar-refractivity contribution >= 4 is 17.6 Å². The Balaban J connectivity index is 1.17. The first kappa shape index (κ1) is 24.5. The highest BCUT2D eigenvalue weighted by molar-refractivity contribution is 5.97. The van der Waals surface area contributed by atoms with E-state index >= 15 is 0 Å². The molecule has 0 unspecified atom stereocenters. The second kappa shape index (κ2) is 10.9. The molecule has 9 heteroatoms. The molecule has 1 aromatic heterocycles. The van der Waals surface area contributed by atoms with E-state index in [9.17, 15) is 9.59 Å². The molecule has 2 amide bonds. The average molecular weight is 502 g/mol. The van der Waals surface area contributed by atoms with E-state index in [2.05, 4.69) is 15.1 Å². The number of anilines is 1. The topological polar surface area (TPSA) is 88.1 Å². The summed E-state index contributed by atoms with van der Waals surface area (Å²) in [7, 11) is 3.22. The standard InChI is InChI=1S/C28H31N5O4/c1-36-23-10-6-20(7-11-23)25-12-13-26(30-29-25)31-14-16-32(17-15-31)27(34)19-33(22-8-9-22)28(35)21-4-3-5-24(18-21)37-2/h3-7,10-13,18,22H,8-9,14-17,19H2,1-2H3. The van der Waals surface area contributed by atoms with E-state index in [-0.39, 0.29) is 24.4 Å². The molecule has 1 aliphatic heterocycles. The number of amides is 2. The van der Waals surface area contributed by atoms with Crippen LogP contribution in [0.4, 0.5) is 5.82 Å². The number of methoxy groups -OCH3 is 2. The van der Waals surface area contributed by atoms with Gasteiger partial charge in [0.2, 0.25) is 5.91 Å². The van der Waals surface area contributed by atoms with Gasteiger partial charge in [0.15, 0.2) is 5.82 Å². The highest BCUT2D eigenvalue weighted by Gasteiger charge is 2.36.